The first kappa shape index (κ1) is 24.8. The molecule has 0 heterocycles. The number of carbonyl (C=O) groups is 2. The summed E-state index contributed by atoms with van der Waals surface area (Å²) in [6.45, 7) is 15.8. The number of hydrogen-bond donors (Lipinski definition) is 0. The van der Waals surface area contributed by atoms with Crippen LogP contribution in [-0.4, -0.2) is 17.9 Å². The first-order valence-corrected chi connectivity index (χ1v) is 14.6. The Labute approximate surface area is 208 Å². The zero-order valence-electron chi connectivity index (χ0n) is 23.0. The van der Waals surface area contributed by atoms with Crippen molar-refractivity contribution in [1.29, 1.82) is 0 Å². The highest BCUT2D eigenvalue weighted by atomic mass is 16.5. The van der Waals surface area contributed by atoms with Crippen LogP contribution in [0.15, 0.2) is 0 Å². The average Bonchev–Trinajstić information content (AvgIpc) is 3.36. The van der Waals surface area contributed by atoms with Crippen molar-refractivity contribution < 1.29 is 14.3 Å². The standard InChI is InChI=1S/C31H50O3/c1-19(2)25(33)10-8-20(3)23-12-14-29(7)27-11-9-24-21(4)26(34-22(5)32)13-15-30(24)18-31(27,30)17-16-28(23,29)6/h19-21,23-24,26-27H,8-18H2,1-7H3/t20-,21+,23-,24+,26-,27+,28-,29+,30-,31+/m1/s1. The van der Waals surface area contributed by atoms with Crippen LogP contribution in [0.4, 0.5) is 0 Å². The molecule has 5 aliphatic carbocycles. The van der Waals surface area contributed by atoms with E-state index in [1.165, 1.54) is 51.4 Å². The molecule has 5 saturated carbocycles. The summed E-state index contributed by atoms with van der Waals surface area (Å²) in [7, 11) is 0. The van der Waals surface area contributed by atoms with E-state index in [0.717, 1.165) is 37.0 Å². The Morgan fingerprint density at radius 1 is 0.912 bits per heavy atom. The zero-order valence-corrected chi connectivity index (χ0v) is 23.0. The number of carbonyl (C=O) groups excluding carboxylic acids is 2. The molecule has 192 valence electrons. The third-order valence-corrected chi connectivity index (χ3v) is 13.2. The zero-order chi connectivity index (χ0) is 24.7. The predicted molar refractivity (Wildman–Crippen MR) is 136 cm³/mol. The van der Waals surface area contributed by atoms with Crippen LogP contribution in [-0.2, 0) is 14.3 Å². The maximum absolute atomic E-state index is 12.3. The Morgan fingerprint density at radius 2 is 1.65 bits per heavy atom. The van der Waals surface area contributed by atoms with Crippen LogP contribution in [0.25, 0.3) is 0 Å². The predicted octanol–water partition coefficient (Wildman–Crippen LogP) is 7.61. The van der Waals surface area contributed by atoms with Gasteiger partial charge >= 0.3 is 5.97 Å². The van der Waals surface area contributed by atoms with Crippen molar-refractivity contribution in [2.75, 3.05) is 0 Å². The Morgan fingerprint density at radius 3 is 2.32 bits per heavy atom. The maximum Gasteiger partial charge on any atom is 0.302 e. The number of ether oxygens (including phenoxy) is 1. The van der Waals surface area contributed by atoms with Crippen LogP contribution in [0.3, 0.4) is 0 Å². The molecule has 3 nitrogen and oxygen atoms in total. The van der Waals surface area contributed by atoms with Crippen molar-refractivity contribution in [2.24, 2.45) is 57.2 Å². The van der Waals surface area contributed by atoms with Crippen LogP contribution < -0.4 is 0 Å². The molecule has 0 unspecified atom stereocenters. The molecule has 2 spiro atoms. The molecule has 34 heavy (non-hydrogen) atoms. The average molecular weight is 471 g/mol. The highest BCUT2D eigenvalue weighted by molar-refractivity contribution is 5.80. The number of rotatable bonds is 6. The van der Waals surface area contributed by atoms with Gasteiger partial charge in [-0.25, -0.2) is 0 Å². The van der Waals surface area contributed by atoms with Crippen LogP contribution >= 0.6 is 0 Å². The fourth-order valence-corrected chi connectivity index (χ4v) is 11.2. The highest BCUT2D eigenvalue weighted by Gasteiger charge is 2.81. The second kappa shape index (κ2) is 8.07. The summed E-state index contributed by atoms with van der Waals surface area (Å²) in [5.74, 6) is 4.04. The fraction of sp³-hybridized carbons (Fsp3) is 0.935. The van der Waals surface area contributed by atoms with Gasteiger partial charge in [-0.2, -0.15) is 0 Å². The molecule has 5 rings (SSSR count). The third kappa shape index (κ3) is 3.19. The van der Waals surface area contributed by atoms with Crippen LogP contribution in [0.5, 0.6) is 0 Å². The minimum absolute atomic E-state index is 0.103. The number of esters is 1. The molecule has 10 atom stereocenters. The Balaban J connectivity index is 1.35. The van der Waals surface area contributed by atoms with E-state index in [-0.39, 0.29) is 18.0 Å². The lowest BCUT2D eigenvalue weighted by Crippen LogP contribution is -2.56. The number of ketones is 1. The summed E-state index contributed by atoms with van der Waals surface area (Å²) >= 11 is 0. The van der Waals surface area contributed by atoms with Crippen LogP contribution in [0, 0.1) is 57.2 Å². The van der Waals surface area contributed by atoms with Gasteiger partial charge in [-0.3, -0.25) is 9.59 Å². The quantitative estimate of drug-likeness (QED) is 0.375. The summed E-state index contributed by atoms with van der Waals surface area (Å²) in [5, 5.41) is 0. The van der Waals surface area contributed by atoms with E-state index in [1.54, 1.807) is 6.92 Å². The van der Waals surface area contributed by atoms with Gasteiger partial charge in [-0.15, -0.1) is 0 Å². The van der Waals surface area contributed by atoms with Gasteiger partial charge in [-0.1, -0.05) is 41.5 Å². The molecule has 0 saturated heterocycles. The van der Waals surface area contributed by atoms with Crippen molar-refractivity contribution in [1.82, 2.24) is 0 Å². The summed E-state index contributed by atoms with van der Waals surface area (Å²) in [6.07, 6.45) is 14.0. The molecule has 0 N–H and O–H groups in total. The van der Waals surface area contributed by atoms with Gasteiger partial charge in [0.05, 0.1) is 0 Å². The largest absolute Gasteiger partial charge is 0.462 e. The van der Waals surface area contributed by atoms with E-state index in [0.29, 0.717) is 39.3 Å². The lowest BCUT2D eigenvalue weighted by Gasteiger charge is -2.62. The molecule has 3 heteroatoms. The van der Waals surface area contributed by atoms with E-state index in [1.807, 2.05) is 13.8 Å². The molecule has 5 fully saturated rings. The van der Waals surface area contributed by atoms with Crippen LogP contribution in [0.1, 0.15) is 119 Å². The van der Waals surface area contributed by atoms with E-state index in [4.69, 9.17) is 4.74 Å². The smallest absolute Gasteiger partial charge is 0.302 e. The lowest BCUT2D eigenvalue weighted by molar-refractivity contribution is -0.165. The SMILES string of the molecule is CC(=O)O[C@@H]1CC[C@]23C[C@]24CC[C@]2(C)[C@@H]([C@H](C)CCC(=O)C(C)C)CC[C@@]2(C)[C@@H]4CC[C@H]3[C@@H]1C. The van der Waals surface area contributed by atoms with Gasteiger partial charge in [0.2, 0.25) is 0 Å². The molecular formula is C31H50O3. The highest BCUT2D eigenvalue weighted by Crippen LogP contribution is 2.88. The molecule has 0 radical (unpaired) electrons. The Bertz CT molecular complexity index is 848. The van der Waals surface area contributed by atoms with Crippen molar-refractivity contribution in [2.45, 2.75) is 125 Å². The van der Waals surface area contributed by atoms with Gasteiger partial charge in [0.25, 0.3) is 0 Å². The summed E-state index contributed by atoms with van der Waals surface area (Å²) < 4.78 is 5.79. The van der Waals surface area contributed by atoms with Crippen LogP contribution in [0.2, 0.25) is 0 Å². The summed E-state index contributed by atoms with van der Waals surface area (Å²) in [5.41, 5.74) is 1.95. The normalized spacial score (nSPS) is 49.9. The molecule has 0 aromatic heterocycles. The molecule has 5 aliphatic rings. The van der Waals surface area contributed by atoms with Crippen molar-refractivity contribution in [3.8, 4) is 0 Å². The maximum atomic E-state index is 12.3. The minimum atomic E-state index is -0.103. The van der Waals surface area contributed by atoms with Gasteiger partial charge in [0.15, 0.2) is 0 Å². The van der Waals surface area contributed by atoms with E-state index in [2.05, 4.69) is 27.7 Å². The van der Waals surface area contributed by atoms with Gasteiger partial charge in [0.1, 0.15) is 11.9 Å². The molecule has 0 aromatic rings. The molecule has 0 aliphatic heterocycles. The first-order chi connectivity index (χ1) is 15.9. The topological polar surface area (TPSA) is 43.4 Å². The van der Waals surface area contributed by atoms with Crippen molar-refractivity contribution in [3.05, 3.63) is 0 Å². The first-order valence-electron chi connectivity index (χ1n) is 14.6. The molecule has 0 amide bonds. The van der Waals surface area contributed by atoms with E-state index < -0.39 is 0 Å². The fourth-order valence-electron chi connectivity index (χ4n) is 11.2. The van der Waals surface area contributed by atoms with Crippen molar-refractivity contribution >= 4 is 11.8 Å². The Hall–Kier alpha value is -0.860. The summed E-state index contributed by atoms with van der Waals surface area (Å²) in [4.78, 5) is 24.0. The monoisotopic (exact) mass is 470 g/mol. The van der Waals surface area contributed by atoms with Crippen molar-refractivity contribution in [3.63, 3.8) is 0 Å². The minimum Gasteiger partial charge on any atom is -0.462 e. The van der Waals surface area contributed by atoms with Gasteiger partial charge in [0, 0.05) is 19.3 Å². The van der Waals surface area contributed by atoms with E-state index in [9.17, 15) is 9.59 Å². The van der Waals surface area contributed by atoms with Gasteiger partial charge < -0.3 is 4.74 Å². The van der Waals surface area contributed by atoms with Gasteiger partial charge in [-0.05, 0) is 115 Å². The summed E-state index contributed by atoms with van der Waals surface area (Å²) in [6, 6.07) is 0. The molecule has 0 bridgehead atoms. The third-order valence-electron chi connectivity index (χ3n) is 13.2. The number of hydrogen-bond acceptors (Lipinski definition) is 3. The number of Topliss-reactive ketones (excluding diaryl/α,β-unsaturated/α-hetero) is 1. The molecular weight excluding hydrogens is 420 g/mol. The lowest BCUT2D eigenvalue weighted by atomic mass is 9.43. The second-order valence-electron chi connectivity index (χ2n) is 14.4. The molecule has 0 aromatic carbocycles. The Kier molecular flexibility index (Phi) is 5.89. The number of fused-ring (bicyclic) bond motifs is 2. The van der Waals surface area contributed by atoms with E-state index >= 15 is 0 Å². The second-order valence-corrected chi connectivity index (χ2v) is 14.4.